The van der Waals surface area contributed by atoms with Crippen LogP contribution in [0.2, 0.25) is 0 Å². The summed E-state index contributed by atoms with van der Waals surface area (Å²) in [5.41, 5.74) is 5.83. The number of methoxy groups -OCH3 is 1. The minimum atomic E-state index is -0.369. The Morgan fingerprint density at radius 3 is 2.19 bits per heavy atom. The third-order valence-corrected chi connectivity index (χ3v) is 5.72. The fraction of sp³-hybridized carbons (Fsp3) is 0.185. The number of imide groups is 1. The number of amides is 2. The van der Waals surface area contributed by atoms with E-state index < -0.39 is 0 Å². The van der Waals surface area contributed by atoms with Crippen molar-refractivity contribution in [3.05, 3.63) is 94.7 Å². The van der Waals surface area contributed by atoms with Crippen LogP contribution in [-0.2, 0) is 16.0 Å². The van der Waals surface area contributed by atoms with Crippen molar-refractivity contribution in [3.63, 3.8) is 0 Å². The number of carbonyl (C=O) groups is 2. The Hall–Kier alpha value is -3.86. The van der Waals surface area contributed by atoms with Gasteiger partial charge in [0.1, 0.15) is 11.4 Å². The quantitative estimate of drug-likeness (QED) is 0.546. The zero-order chi connectivity index (χ0) is 22.8. The Kier molecular flexibility index (Phi) is 5.82. The number of hydrogen-bond acceptors (Lipinski definition) is 4. The van der Waals surface area contributed by atoms with Gasteiger partial charge in [-0.2, -0.15) is 0 Å². The summed E-state index contributed by atoms with van der Waals surface area (Å²) in [5.74, 6) is -0.0367. The SMILES string of the molecule is CCc1ccc(N2C(=O)C(Nc3cc(C)ccc3C)=C(c3ccc(OC)cc3)C2=O)cc1. The Balaban J connectivity index is 1.81. The van der Waals surface area contributed by atoms with Crippen molar-refractivity contribution >= 4 is 28.8 Å². The van der Waals surface area contributed by atoms with Crippen molar-refractivity contribution in [1.82, 2.24) is 0 Å². The first kappa shape index (κ1) is 21.4. The topological polar surface area (TPSA) is 58.6 Å². The minimum Gasteiger partial charge on any atom is -0.497 e. The van der Waals surface area contributed by atoms with Crippen molar-refractivity contribution < 1.29 is 14.3 Å². The molecule has 0 spiro atoms. The number of benzene rings is 3. The van der Waals surface area contributed by atoms with Gasteiger partial charge in [0.25, 0.3) is 11.8 Å². The lowest BCUT2D eigenvalue weighted by Gasteiger charge is -2.16. The van der Waals surface area contributed by atoms with Gasteiger partial charge in [0.15, 0.2) is 0 Å². The molecule has 0 saturated carbocycles. The third kappa shape index (κ3) is 3.89. The van der Waals surface area contributed by atoms with Crippen LogP contribution in [-0.4, -0.2) is 18.9 Å². The van der Waals surface area contributed by atoms with Crippen LogP contribution < -0.4 is 15.0 Å². The molecule has 3 aromatic rings. The zero-order valence-electron chi connectivity index (χ0n) is 18.7. The maximum Gasteiger partial charge on any atom is 0.282 e. The molecule has 0 aromatic heterocycles. The summed E-state index contributed by atoms with van der Waals surface area (Å²) in [6.07, 6.45) is 0.886. The van der Waals surface area contributed by atoms with Gasteiger partial charge in [-0.1, -0.05) is 43.3 Å². The van der Waals surface area contributed by atoms with Crippen LogP contribution in [0.1, 0.15) is 29.2 Å². The number of hydrogen-bond donors (Lipinski definition) is 1. The van der Waals surface area contributed by atoms with E-state index in [2.05, 4.69) is 12.2 Å². The lowest BCUT2D eigenvalue weighted by Crippen LogP contribution is -2.32. The van der Waals surface area contributed by atoms with Crippen LogP contribution in [0.5, 0.6) is 5.75 Å². The molecule has 0 saturated heterocycles. The summed E-state index contributed by atoms with van der Waals surface area (Å²) in [4.78, 5) is 28.3. The van der Waals surface area contributed by atoms with Gasteiger partial charge in [0, 0.05) is 5.69 Å². The van der Waals surface area contributed by atoms with Gasteiger partial charge in [0.05, 0.1) is 18.4 Å². The molecule has 32 heavy (non-hydrogen) atoms. The Bertz CT molecular complexity index is 1210. The van der Waals surface area contributed by atoms with E-state index in [1.165, 1.54) is 4.90 Å². The molecule has 1 heterocycles. The molecular weight excluding hydrogens is 400 g/mol. The largest absolute Gasteiger partial charge is 0.497 e. The molecule has 0 atom stereocenters. The van der Waals surface area contributed by atoms with Crippen molar-refractivity contribution in [2.45, 2.75) is 27.2 Å². The second-order valence-electron chi connectivity index (χ2n) is 7.89. The molecule has 5 heteroatoms. The maximum atomic E-state index is 13.6. The number of nitrogens with one attached hydrogen (secondary N) is 1. The Morgan fingerprint density at radius 2 is 1.56 bits per heavy atom. The molecule has 0 radical (unpaired) electrons. The van der Waals surface area contributed by atoms with Crippen LogP contribution in [0.3, 0.4) is 0 Å². The molecule has 0 unspecified atom stereocenters. The molecule has 3 aromatic carbocycles. The molecule has 4 rings (SSSR count). The third-order valence-electron chi connectivity index (χ3n) is 5.72. The lowest BCUT2D eigenvalue weighted by molar-refractivity contribution is -0.120. The normalized spacial score (nSPS) is 13.7. The number of rotatable bonds is 6. The highest BCUT2D eigenvalue weighted by Gasteiger charge is 2.40. The fourth-order valence-corrected chi connectivity index (χ4v) is 3.79. The monoisotopic (exact) mass is 426 g/mol. The van der Waals surface area contributed by atoms with Gasteiger partial charge in [-0.3, -0.25) is 9.59 Å². The van der Waals surface area contributed by atoms with E-state index in [1.54, 1.807) is 31.4 Å². The second-order valence-corrected chi connectivity index (χ2v) is 7.89. The average Bonchev–Trinajstić information content (AvgIpc) is 3.05. The number of ether oxygens (including phenoxy) is 1. The van der Waals surface area contributed by atoms with Gasteiger partial charge in [-0.15, -0.1) is 0 Å². The van der Waals surface area contributed by atoms with Crippen molar-refractivity contribution in [3.8, 4) is 5.75 Å². The number of aryl methyl sites for hydroxylation is 3. The molecule has 0 fully saturated rings. The van der Waals surface area contributed by atoms with Crippen molar-refractivity contribution in [1.29, 1.82) is 0 Å². The molecule has 1 aliphatic heterocycles. The predicted octanol–water partition coefficient (Wildman–Crippen LogP) is 5.27. The molecular formula is C27H26N2O3. The smallest absolute Gasteiger partial charge is 0.282 e. The van der Waals surface area contributed by atoms with Crippen molar-refractivity contribution in [2.75, 3.05) is 17.3 Å². The standard InChI is InChI=1S/C27H26N2O3/c1-5-19-8-12-21(13-9-19)29-26(30)24(20-10-14-22(32-4)15-11-20)25(27(29)31)28-23-16-17(2)6-7-18(23)3/h6-16,28H,5H2,1-4H3. The maximum absolute atomic E-state index is 13.6. The number of nitrogens with zero attached hydrogens (tertiary/aromatic N) is 1. The van der Waals surface area contributed by atoms with E-state index >= 15 is 0 Å². The van der Waals surface area contributed by atoms with Crippen LogP contribution in [0.4, 0.5) is 11.4 Å². The van der Waals surface area contributed by atoms with Crippen molar-refractivity contribution in [2.24, 2.45) is 0 Å². The number of anilines is 2. The Labute approximate surface area is 188 Å². The van der Waals surface area contributed by atoms with E-state index in [0.717, 1.165) is 28.8 Å². The summed E-state index contributed by atoms with van der Waals surface area (Å²) >= 11 is 0. The van der Waals surface area contributed by atoms with Crippen LogP contribution in [0, 0.1) is 13.8 Å². The van der Waals surface area contributed by atoms with E-state index in [4.69, 9.17) is 4.74 Å². The highest BCUT2D eigenvalue weighted by molar-refractivity contribution is 6.46. The summed E-state index contributed by atoms with van der Waals surface area (Å²) in [5, 5.41) is 3.27. The molecule has 0 aliphatic carbocycles. The number of carbonyl (C=O) groups excluding carboxylic acids is 2. The van der Waals surface area contributed by atoms with E-state index in [1.807, 2.05) is 56.3 Å². The van der Waals surface area contributed by atoms with Crippen LogP contribution in [0.15, 0.2) is 72.4 Å². The van der Waals surface area contributed by atoms with Gasteiger partial charge in [-0.25, -0.2) is 4.90 Å². The summed E-state index contributed by atoms with van der Waals surface area (Å²) < 4.78 is 5.25. The molecule has 162 valence electrons. The summed E-state index contributed by atoms with van der Waals surface area (Å²) in [6, 6.07) is 20.7. The second kappa shape index (κ2) is 8.71. The highest BCUT2D eigenvalue weighted by Crippen LogP contribution is 2.35. The lowest BCUT2D eigenvalue weighted by atomic mass is 10.0. The van der Waals surface area contributed by atoms with Gasteiger partial charge >= 0.3 is 0 Å². The highest BCUT2D eigenvalue weighted by atomic mass is 16.5. The minimum absolute atomic E-state index is 0.272. The first-order chi connectivity index (χ1) is 15.4. The zero-order valence-corrected chi connectivity index (χ0v) is 18.7. The summed E-state index contributed by atoms with van der Waals surface area (Å²) in [6.45, 7) is 6.03. The van der Waals surface area contributed by atoms with Crippen LogP contribution >= 0.6 is 0 Å². The van der Waals surface area contributed by atoms with Crippen LogP contribution in [0.25, 0.3) is 5.57 Å². The molecule has 1 aliphatic rings. The first-order valence-corrected chi connectivity index (χ1v) is 10.6. The predicted molar refractivity (Wildman–Crippen MR) is 128 cm³/mol. The molecule has 2 amide bonds. The van der Waals surface area contributed by atoms with E-state index in [9.17, 15) is 9.59 Å². The molecule has 0 bridgehead atoms. The average molecular weight is 427 g/mol. The van der Waals surface area contributed by atoms with E-state index in [-0.39, 0.29) is 17.5 Å². The van der Waals surface area contributed by atoms with Gasteiger partial charge < -0.3 is 10.1 Å². The van der Waals surface area contributed by atoms with E-state index in [0.29, 0.717) is 22.6 Å². The van der Waals surface area contributed by atoms with Gasteiger partial charge in [-0.05, 0) is 72.9 Å². The molecule has 5 nitrogen and oxygen atoms in total. The fourth-order valence-electron chi connectivity index (χ4n) is 3.79. The molecule has 1 N–H and O–H groups in total. The summed E-state index contributed by atoms with van der Waals surface area (Å²) in [7, 11) is 1.59. The Morgan fingerprint density at radius 1 is 0.875 bits per heavy atom. The van der Waals surface area contributed by atoms with Gasteiger partial charge in [0.2, 0.25) is 0 Å². The first-order valence-electron chi connectivity index (χ1n) is 10.6.